The van der Waals surface area contributed by atoms with E-state index in [4.69, 9.17) is 18.9 Å². The van der Waals surface area contributed by atoms with Crippen LogP contribution in [0, 0.1) is 0 Å². The van der Waals surface area contributed by atoms with Crippen LogP contribution in [0.1, 0.15) is 22.3 Å². The second-order valence-corrected chi connectivity index (χ2v) is 9.92. The predicted octanol–water partition coefficient (Wildman–Crippen LogP) is 5.75. The summed E-state index contributed by atoms with van der Waals surface area (Å²) in [6.07, 6.45) is -2.31. The van der Waals surface area contributed by atoms with Gasteiger partial charge in [-0.05, 0) is 22.3 Å². The summed E-state index contributed by atoms with van der Waals surface area (Å²) in [7, 11) is 0. The molecule has 1 N–H and O–H groups in total. The molecular formula is C34H36O5. The van der Waals surface area contributed by atoms with Crippen molar-refractivity contribution in [3.05, 3.63) is 144 Å². The molecule has 5 atom stereocenters. The van der Waals surface area contributed by atoms with Crippen LogP contribution >= 0.6 is 0 Å². The summed E-state index contributed by atoms with van der Waals surface area (Å²) in [5.74, 6) is 0. The van der Waals surface area contributed by atoms with Crippen LogP contribution < -0.4 is 0 Å². The molecule has 1 aliphatic heterocycles. The van der Waals surface area contributed by atoms with Crippen LogP contribution in [0.25, 0.3) is 0 Å². The van der Waals surface area contributed by atoms with Gasteiger partial charge in [0, 0.05) is 6.42 Å². The van der Waals surface area contributed by atoms with Gasteiger partial charge in [0.15, 0.2) is 0 Å². The lowest BCUT2D eigenvalue weighted by Crippen LogP contribution is -2.60. The largest absolute Gasteiger partial charge is 0.388 e. The molecule has 0 radical (unpaired) electrons. The molecule has 0 aliphatic carbocycles. The molecule has 0 aromatic heterocycles. The third-order valence-electron chi connectivity index (χ3n) is 7.00. The summed E-state index contributed by atoms with van der Waals surface area (Å²) in [6.45, 7) is 1.53. The van der Waals surface area contributed by atoms with E-state index < -0.39 is 30.5 Å². The van der Waals surface area contributed by atoms with Gasteiger partial charge in [0.2, 0.25) is 0 Å². The Labute approximate surface area is 230 Å². The first-order valence-corrected chi connectivity index (χ1v) is 13.6. The van der Waals surface area contributed by atoms with Crippen molar-refractivity contribution in [2.24, 2.45) is 0 Å². The van der Waals surface area contributed by atoms with E-state index in [0.717, 1.165) is 22.3 Å². The fraction of sp³-hybridized carbons (Fsp3) is 0.294. The van der Waals surface area contributed by atoms with E-state index in [1.165, 1.54) is 0 Å². The molecule has 4 aromatic carbocycles. The Hall–Kier alpha value is -3.32. The van der Waals surface area contributed by atoms with Crippen LogP contribution in [0.3, 0.4) is 0 Å². The van der Waals surface area contributed by atoms with Gasteiger partial charge in [0.25, 0.3) is 0 Å². The minimum absolute atomic E-state index is 0.317. The maximum atomic E-state index is 11.6. The molecule has 0 unspecified atom stereocenters. The Balaban J connectivity index is 1.37. The lowest BCUT2D eigenvalue weighted by Gasteiger charge is -2.44. The third-order valence-corrected chi connectivity index (χ3v) is 7.00. The zero-order valence-corrected chi connectivity index (χ0v) is 22.0. The number of rotatable bonds is 12. The zero-order chi connectivity index (χ0) is 26.7. The van der Waals surface area contributed by atoms with Crippen LogP contribution in [0.5, 0.6) is 0 Å². The first-order chi connectivity index (χ1) is 19.3. The maximum absolute atomic E-state index is 11.6. The lowest BCUT2D eigenvalue weighted by atomic mass is 9.91. The molecule has 5 nitrogen and oxygen atoms in total. The molecule has 0 bridgehead atoms. The number of aliphatic hydroxyl groups is 1. The first-order valence-electron chi connectivity index (χ1n) is 13.6. The first kappa shape index (κ1) is 27.3. The Morgan fingerprint density at radius 2 is 0.949 bits per heavy atom. The molecule has 0 spiro atoms. The normalized spacial score (nSPS) is 22.9. The van der Waals surface area contributed by atoms with Gasteiger partial charge in [0.1, 0.15) is 24.4 Å². The Kier molecular flexibility index (Phi) is 9.91. The summed E-state index contributed by atoms with van der Waals surface area (Å²) in [5.41, 5.74) is 4.27. The zero-order valence-electron chi connectivity index (χ0n) is 22.0. The number of ether oxygens (including phenoxy) is 4. The van der Waals surface area contributed by atoms with Gasteiger partial charge in [-0.2, -0.15) is 0 Å². The smallest absolute Gasteiger partial charge is 0.115 e. The van der Waals surface area contributed by atoms with Crippen molar-refractivity contribution in [2.45, 2.75) is 56.8 Å². The summed E-state index contributed by atoms with van der Waals surface area (Å²) in [6, 6.07) is 40.2. The number of benzene rings is 4. The highest BCUT2D eigenvalue weighted by molar-refractivity contribution is 5.18. The summed E-state index contributed by atoms with van der Waals surface area (Å²) < 4.78 is 25.6. The van der Waals surface area contributed by atoms with Gasteiger partial charge in [0.05, 0.1) is 32.5 Å². The van der Waals surface area contributed by atoms with Crippen molar-refractivity contribution >= 4 is 0 Å². The van der Waals surface area contributed by atoms with Crippen molar-refractivity contribution in [3.8, 4) is 0 Å². The third kappa shape index (κ3) is 7.85. The van der Waals surface area contributed by atoms with E-state index in [0.29, 0.717) is 32.8 Å². The number of hydrogen-bond donors (Lipinski definition) is 1. The lowest BCUT2D eigenvalue weighted by molar-refractivity contribution is -0.260. The van der Waals surface area contributed by atoms with Gasteiger partial charge in [-0.3, -0.25) is 0 Å². The van der Waals surface area contributed by atoms with Crippen molar-refractivity contribution in [3.63, 3.8) is 0 Å². The van der Waals surface area contributed by atoms with Crippen molar-refractivity contribution in [1.29, 1.82) is 0 Å². The fourth-order valence-corrected chi connectivity index (χ4v) is 4.95. The standard InChI is InChI=1S/C34H36O5/c35-32-30(21-26-13-5-1-6-14-26)39-31(25-36-22-27-15-7-2-8-16-27)33(37-23-28-17-9-3-10-18-28)34(32)38-24-29-19-11-4-12-20-29/h1-20,30-35H,21-25H2/t30-,31-,32+,33-,34-/m1/s1. The molecule has 1 fully saturated rings. The molecule has 1 heterocycles. The minimum Gasteiger partial charge on any atom is -0.388 e. The highest BCUT2D eigenvalue weighted by Crippen LogP contribution is 2.30. The van der Waals surface area contributed by atoms with Gasteiger partial charge in [-0.25, -0.2) is 0 Å². The van der Waals surface area contributed by atoms with Crippen molar-refractivity contribution < 1.29 is 24.1 Å². The molecule has 5 rings (SSSR count). The van der Waals surface area contributed by atoms with Gasteiger partial charge in [-0.1, -0.05) is 121 Å². The van der Waals surface area contributed by atoms with Crippen LogP contribution in [-0.4, -0.2) is 42.2 Å². The topological polar surface area (TPSA) is 57.2 Å². The van der Waals surface area contributed by atoms with E-state index >= 15 is 0 Å². The summed E-state index contributed by atoms with van der Waals surface area (Å²) >= 11 is 0. The second kappa shape index (κ2) is 14.2. The van der Waals surface area contributed by atoms with E-state index in [1.54, 1.807) is 0 Å². The van der Waals surface area contributed by atoms with Crippen LogP contribution in [-0.2, 0) is 45.2 Å². The number of aliphatic hydroxyl groups excluding tert-OH is 1. The van der Waals surface area contributed by atoms with Gasteiger partial charge < -0.3 is 24.1 Å². The molecule has 5 heteroatoms. The average molecular weight is 525 g/mol. The van der Waals surface area contributed by atoms with E-state index in [2.05, 4.69) is 12.1 Å². The van der Waals surface area contributed by atoms with E-state index in [9.17, 15) is 5.11 Å². The van der Waals surface area contributed by atoms with Crippen LogP contribution in [0.15, 0.2) is 121 Å². The SMILES string of the molecule is O[C@@H]1[C@@H](OCc2ccccc2)[C@H](OCc2ccccc2)[C@@H](COCc2ccccc2)O[C@@H]1Cc1ccccc1. The number of hydrogen-bond acceptors (Lipinski definition) is 5. The summed E-state index contributed by atoms with van der Waals surface area (Å²) in [5, 5.41) is 11.6. The highest BCUT2D eigenvalue weighted by atomic mass is 16.6. The Morgan fingerprint density at radius 1 is 0.513 bits per heavy atom. The van der Waals surface area contributed by atoms with Crippen LogP contribution in [0.2, 0.25) is 0 Å². The molecule has 39 heavy (non-hydrogen) atoms. The fourth-order valence-electron chi connectivity index (χ4n) is 4.95. The monoisotopic (exact) mass is 524 g/mol. The molecule has 1 saturated heterocycles. The average Bonchev–Trinajstić information content (AvgIpc) is 2.99. The van der Waals surface area contributed by atoms with Crippen LogP contribution in [0.4, 0.5) is 0 Å². The maximum Gasteiger partial charge on any atom is 0.115 e. The Bertz CT molecular complexity index is 1220. The van der Waals surface area contributed by atoms with Crippen molar-refractivity contribution in [2.75, 3.05) is 6.61 Å². The molecule has 4 aromatic rings. The van der Waals surface area contributed by atoms with E-state index in [-0.39, 0.29) is 0 Å². The molecule has 0 saturated carbocycles. The minimum atomic E-state index is -0.875. The predicted molar refractivity (Wildman–Crippen MR) is 151 cm³/mol. The molecule has 202 valence electrons. The van der Waals surface area contributed by atoms with Gasteiger partial charge >= 0.3 is 0 Å². The molecule has 1 aliphatic rings. The summed E-state index contributed by atoms with van der Waals surface area (Å²) in [4.78, 5) is 0. The molecular weight excluding hydrogens is 488 g/mol. The van der Waals surface area contributed by atoms with E-state index in [1.807, 2.05) is 109 Å². The Morgan fingerprint density at radius 3 is 1.46 bits per heavy atom. The van der Waals surface area contributed by atoms with Crippen molar-refractivity contribution in [1.82, 2.24) is 0 Å². The quantitative estimate of drug-likeness (QED) is 0.256. The van der Waals surface area contributed by atoms with Gasteiger partial charge in [-0.15, -0.1) is 0 Å². The molecule has 0 amide bonds. The highest BCUT2D eigenvalue weighted by Gasteiger charge is 2.46. The second-order valence-electron chi connectivity index (χ2n) is 9.92.